The molecular formula is C21H26F3N3O3. The lowest BCUT2D eigenvalue weighted by atomic mass is 9.65. The van der Waals surface area contributed by atoms with Gasteiger partial charge in [-0.05, 0) is 56.1 Å². The molecule has 1 atom stereocenters. The van der Waals surface area contributed by atoms with E-state index in [4.69, 9.17) is 4.74 Å². The number of hydrogen-bond donors (Lipinski definition) is 1. The van der Waals surface area contributed by atoms with Gasteiger partial charge in [-0.1, -0.05) is 6.07 Å². The Morgan fingerprint density at radius 1 is 1.27 bits per heavy atom. The number of alkyl carbamates (subject to hydrolysis) is 1. The van der Waals surface area contributed by atoms with Gasteiger partial charge in [0.2, 0.25) is 5.91 Å². The van der Waals surface area contributed by atoms with Crippen LogP contribution >= 0.6 is 0 Å². The zero-order chi connectivity index (χ0) is 21.4. The first-order valence-electron chi connectivity index (χ1n) is 10.5. The molecule has 0 bridgehead atoms. The topological polar surface area (TPSA) is 71.5 Å². The van der Waals surface area contributed by atoms with Crippen LogP contribution in [0.15, 0.2) is 18.3 Å². The molecule has 1 saturated carbocycles. The number of rotatable bonds is 5. The van der Waals surface area contributed by atoms with Crippen molar-refractivity contribution in [3.63, 3.8) is 0 Å². The zero-order valence-electron chi connectivity index (χ0n) is 16.7. The molecule has 6 nitrogen and oxygen atoms in total. The number of carbonyl (C=O) groups excluding carboxylic acids is 2. The molecule has 3 heterocycles. The lowest BCUT2D eigenvalue weighted by Crippen LogP contribution is -2.59. The number of ether oxygens (including phenoxy) is 1. The minimum atomic E-state index is -4.40. The smallest absolute Gasteiger partial charge is 0.433 e. The van der Waals surface area contributed by atoms with Crippen molar-refractivity contribution in [2.75, 3.05) is 19.7 Å². The van der Waals surface area contributed by atoms with Crippen molar-refractivity contribution < 1.29 is 27.5 Å². The van der Waals surface area contributed by atoms with Gasteiger partial charge in [0.25, 0.3) is 0 Å². The van der Waals surface area contributed by atoms with E-state index in [0.717, 1.165) is 56.8 Å². The van der Waals surface area contributed by atoms with Crippen molar-refractivity contribution in [2.24, 2.45) is 11.3 Å². The summed E-state index contributed by atoms with van der Waals surface area (Å²) in [6.07, 6.45) is 2.41. The molecule has 1 aromatic heterocycles. The quantitative estimate of drug-likeness (QED) is 0.783. The second-order valence-corrected chi connectivity index (χ2v) is 8.93. The number of pyridine rings is 1. The van der Waals surface area contributed by atoms with Crippen molar-refractivity contribution in [3.8, 4) is 0 Å². The third kappa shape index (κ3) is 4.70. The van der Waals surface area contributed by atoms with E-state index in [1.54, 1.807) is 0 Å². The maximum absolute atomic E-state index is 12.6. The summed E-state index contributed by atoms with van der Waals surface area (Å²) in [7, 11) is 0. The summed E-state index contributed by atoms with van der Waals surface area (Å²) in [6, 6.07) is 2.51. The Balaban J connectivity index is 1.18. The lowest BCUT2D eigenvalue weighted by molar-refractivity contribution is -0.146. The molecule has 0 aromatic carbocycles. The number of nitrogens with one attached hydrogen (secondary N) is 1. The van der Waals surface area contributed by atoms with E-state index in [1.165, 1.54) is 12.3 Å². The molecule has 2 saturated heterocycles. The molecule has 1 N–H and O–H groups in total. The highest BCUT2D eigenvalue weighted by molar-refractivity contribution is 5.77. The second-order valence-electron chi connectivity index (χ2n) is 8.93. The summed E-state index contributed by atoms with van der Waals surface area (Å²) < 4.78 is 42.7. The monoisotopic (exact) mass is 425 g/mol. The van der Waals surface area contributed by atoms with Crippen LogP contribution < -0.4 is 5.32 Å². The highest BCUT2D eigenvalue weighted by Crippen LogP contribution is 2.46. The van der Waals surface area contributed by atoms with Crippen LogP contribution in [0.3, 0.4) is 0 Å². The number of aromatic nitrogens is 1. The number of amides is 2. The number of nitrogens with zero attached hydrogens (tertiary/aromatic N) is 2. The first kappa shape index (κ1) is 20.9. The fourth-order valence-electron chi connectivity index (χ4n) is 4.83. The molecule has 164 valence electrons. The fraction of sp³-hybridized carbons (Fsp3) is 0.667. The van der Waals surface area contributed by atoms with Gasteiger partial charge >= 0.3 is 12.3 Å². The Morgan fingerprint density at radius 3 is 2.57 bits per heavy atom. The van der Waals surface area contributed by atoms with Crippen LogP contribution in [0.4, 0.5) is 18.0 Å². The Kier molecular flexibility index (Phi) is 5.63. The lowest BCUT2D eigenvalue weighted by Gasteiger charge is -2.53. The highest BCUT2D eigenvalue weighted by Gasteiger charge is 2.46. The zero-order valence-corrected chi connectivity index (χ0v) is 16.7. The van der Waals surface area contributed by atoms with Crippen LogP contribution in [0.5, 0.6) is 0 Å². The normalized spacial score (nSPS) is 23.8. The predicted molar refractivity (Wildman–Crippen MR) is 101 cm³/mol. The van der Waals surface area contributed by atoms with E-state index < -0.39 is 18.0 Å². The Bertz CT molecular complexity index is 781. The minimum Gasteiger partial charge on any atom is -0.447 e. The van der Waals surface area contributed by atoms with Crippen molar-refractivity contribution in [1.82, 2.24) is 15.2 Å². The Hall–Kier alpha value is -2.32. The average Bonchev–Trinajstić information content (AvgIpc) is 3.10. The van der Waals surface area contributed by atoms with Crippen molar-refractivity contribution in [1.29, 1.82) is 0 Å². The van der Waals surface area contributed by atoms with Crippen LogP contribution in [0, 0.1) is 11.3 Å². The second kappa shape index (κ2) is 8.07. The fourth-order valence-corrected chi connectivity index (χ4v) is 4.83. The molecule has 1 aliphatic carbocycles. The molecular weight excluding hydrogens is 399 g/mol. The van der Waals surface area contributed by atoms with Gasteiger partial charge in [-0.2, -0.15) is 13.2 Å². The Labute approximate surface area is 173 Å². The van der Waals surface area contributed by atoms with Gasteiger partial charge in [-0.3, -0.25) is 9.78 Å². The SMILES string of the molecule is O=C1N[C@H](CCC(=O)N2CC3(CCC(Cc4ccc(C(F)(F)F)nc4)CC3)C2)CO1. The van der Waals surface area contributed by atoms with E-state index in [1.807, 2.05) is 4.90 Å². The molecule has 3 aliphatic rings. The third-order valence-electron chi connectivity index (χ3n) is 6.65. The number of cyclic esters (lactones) is 1. The molecule has 30 heavy (non-hydrogen) atoms. The molecule has 0 radical (unpaired) electrons. The van der Waals surface area contributed by atoms with Crippen LogP contribution in [-0.2, 0) is 22.1 Å². The highest BCUT2D eigenvalue weighted by atomic mass is 19.4. The van der Waals surface area contributed by atoms with Gasteiger partial charge in [0.1, 0.15) is 12.3 Å². The third-order valence-corrected chi connectivity index (χ3v) is 6.65. The van der Waals surface area contributed by atoms with E-state index in [9.17, 15) is 22.8 Å². The summed E-state index contributed by atoms with van der Waals surface area (Å²) in [4.78, 5) is 28.9. The Morgan fingerprint density at radius 2 is 2.00 bits per heavy atom. The van der Waals surface area contributed by atoms with E-state index >= 15 is 0 Å². The number of hydrogen-bond acceptors (Lipinski definition) is 4. The number of halogens is 3. The first-order chi connectivity index (χ1) is 14.2. The van der Waals surface area contributed by atoms with Gasteiger partial charge in [0.15, 0.2) is 0 Å². The van der Waals surface area contributed by atoms with Crippen LogP contribution in [0.1, 0.15) is 49.8 Å². The largest absolute Gasteiger partial charge is 0.447 e. The average molecular weight is 425 g/mol. The van der Waals surface area contributed by atoms with E-state index in [2.05, 4.69) is 10.3 Å². The maximum atomic E-state index is 12.6. The van der Waals surface area contributed by atoms with Gasteiger partial charge < -0.3 is 15.0 Å². The van der Waals surface area contributed by atoms with Gasteiger partial charge in [0.05, 0.1) is 6.04 Å². The first-order valence-corrected chi connectivity index (χ1v) is 10.5. The maximum Gasteiger partial charge on any atom is 0.433 e. The summed E-state index contributed by atoms with van der Waals surface area (Å²) in [5.74, 6) is 0.574. The summed E-state index contributed by atoms with van der Waals surface area (Å²) in [6.45, 7) is 1.90. The minimum absolute atomic E-state index is 0.0770. The molecule has 2 amide bonds. The van der Waals surface area contributed by atoms with Crippen LogP contribution in [-0.4, -0.2) is 47.6 Å². The number of carbonyl (C=O) groups is 2. The molecule has 3 fully saturated rings. The molecule has 2 aliphatic heterocycles. The van der Waals surface area contributed by atoms with Crippen LogP contribution in [0.2, 0.25) is 0 Å². The van der Waals surface area contributed by atoms with Gasteiger partial charge in [-0.25, -0.2) is 4.79 Å². The molecule has 4 rings (SSSR count). The van der Waals surface area contributed by atoms with Crippen molar-refractivity contribution in [3.05, 3.63) is 29.6 Å². The molecule has 0 unspecified atom stereocenters. The van der Waals surface area contributed by atoms with Gasteiger partial charge in [-0.15, -0.1) is 0 Å². The number of alkyl halides is 3. The van der Waals surface area contributed by atoms with Gasteiger partial charge in [0, 0.05) is 31.1 Å². The molecule has 9 heteroatoms. The summed E-state index contributed by atoms with van der Waals surface area (Å²) >= 11 is 0. The van der Waals surface area contributed by atoms with Crippen LogP contribution in [0.25, 0.3) is 0 Å². The predicted octanol–water partition coefficient (Wildman–Crippen LogP) is 3.55. The van der Waals surface area contributed by atoms with Crippen molar-refractivity contribution in [2.45, 2.75) is 57.2 Å². The van der Waals surface area contributed by atoms with E-state index in [0.29, 0.717) is 25.4 Å². The van der Waals surface area contributed by atoms with E-state index in [-0.39, 0.29) is 17.4 Å². The van der Waals surface area contributed by atoms with Crippen molar-refractivity contribution >= 4 is 12.0 Å². The summed E-state index contributed by atoms with van der Waals surface area (Å²) in [5, 5.41) is 2.68. The standard InChI is InChI=1S/C21H26F3N3O3/c22-21(23,24)17-3-1-15(10-25-17)9-14-5-7-20(8-6-14)12-27(13-20)18(28)4-2-16-11-30-19(29)26-16/h1,3,10,14,16H,2,4-9,11-13H2,(H,26,29)/t16-/m1/s1. The molecule has 1 aromatic rings. The number of likely N-dealkylation sites (tertiary alicyclic amines) is 1. The molecule has 1 spiro atoms. The summed E-state index contributed by atoms with van der Waals surface area (Å²) in [5.41, 5.74) is 0.197.